The molecule has 0 amide bonds. The topological polar surface area (TPSA) is 52.0 Å². The Morgan fingerprint density at radius 3 is 3.00 bits per heavy atom. The highest BCUT2D eigenvalue weighted by atomic mass is 15.2. The number of nitrogens with one attached hydrogen (secondary N) is 1. The summed E-state index contributed by atoms with van der Waals surface area (Å²) in [6, 6.07) is 4.11. The first kappa shape index (κ1) is 10.1. The Kier molecular flexibility index (Phi) is 3.28. The average molecular weight is 202 g/mol. The fourth-order valence-electron chi connectivity index (χ4n) is 1.77. The molecule has 0 bridgehead atoms. The van der Waals surface area contributed by atoms with Gasteiger partial charge in [0, 0.05) is 45.1 Å². The predicted octanol–water partition coefficient (Wildman–Crippen LogP) is 0.358. The molecule has 1 saturated heterocycles. The van der Waals surface area contributed by atoms with Gasteiger partial charge in [0.25, 0.3) is 0 Å². The lowest BCUT2D eigenvalue weighted by atomic mass is 10.1. The van der Waals surface area contributed by atoms with Gasteiger partial charge in [0.2, 0.25) is 0 Å². The minimum atomic E-state index is 0.691. The monoisotopic (exact) mass is 202 g/mol. The van der Waals surface area contributed by atoms with E-state index >= 15 is 0 Å². The van der Waals surface area contributed by atoms with E-state index < -0.39 is 0 Å². The smallest absolute Gasteiger partial charge is 0.101 e. The molecule has 4 heteroatoms. The van der Waals surface area contributed by atoms with Crippen molar-refractivity contribution in [3.05, 3.63) is 29.6 Å². The molecule has 1 aliphatic heterocycles. The maximum absolute atomic E-state index is 8.93. The molecule has 1 N–H and O–H groups in total. The standard InChI is InChI=1S/C11H14N4/c12-7-11-8-14-2-1-10(11)9-15-5-3-13-4-6-15/h1-2,8,13H,3-6,9H2. The van der Waals surface area contributed by atoms with E-state index in [0.717, 1.165) is 38.3 Å². The van der Waals surface area contributed by atoms with Gasteiger partial charge in [-0.05, 0) is 11.6 Å². The molecule has 0 radical (unpaired) electrons. The molecule has 0 aromatic carbocycles. The Morgan fingerprint density at radius 1 is 1.47 bits per heavy atom. The minimum absolute atomic E-state index is 0.691. The van der Waals surface area contributed by atoms with Crippen LogP contribution in [-0.4, -0.2) is 36.1 Å². The lowest BCUT2D eigenvalue weighted by Gasteiger charge is -2.27. The predicted molar refractivity (Wildman–Crippen MR) is 57.1 cm³/mol. The minimum Gasteiger partial charge on any atom is -0.314 e. The van der Waals surface area contributed by atoms with Gasteiger partial charge in [0.15, 0.2) is 0 Å². The summed E-state index contributed by atoms with van der Waals surface area (Å²) in [5.74, 6) is 0. The Hall–Kier alpha value is -1.44. The molecule has 2 heterocycles. The number of hydrogen-bond donors (Lipinski definition) is 1. The molecular weight excluding hydrogens is 188 g/mol. The van der Waals surface area contributed by atoms with E-state index in [1.807, 2.05) is 6.07 Å². The first-order valence-corrected chi connectivity index (χ1v) is 5.16. The van der Waals surface area contributed by atoms with Crippen molar-refractivity contribution in [2.75, 3.05) is 26.2 Å². The quantitative estimate of drug-likeness (QED) is 0.752. The van der Waals surface area contributed by atoms with E-state index in [0.29, 0.717) is 5.56 Å². The summed E-state index contributed by atoms with van der Waals surface area (Å²) in [5.41, 5.74) is 1.77. The number of aromatic nitrogens is 1. The second kappa shape index (κ2) is 4.87. The van der Waals surface area contributed by atoms with Crippen LogP contribution in [0.3, 0.4) is 0 Å². The van der Waals surface area contributed by atoms with Crippen LogP contribution in [0.15, 0.2) is 18.5 Å². The lowest BCUT2D eigenvalue weighted by molar-refractivity contribution is 0.233. The number of hydrogen-bond acceptors (Lipinski definition) is 4. The maximum Gasteiger partial charge on any atom is 0.101 e. The van der Waals surface area contributed by atoms with Crippen LogP contribution in [0.5, 0.6) is 0 Å². The molecule has 1 fully saturated rings. The molecule has 0 saturated carbocycles. The van der Waals surface area contributed by atoms with Crippen LogP contribution >= 0.6 is 0 Å². The molecule has 0 unspecified atom stereocenters. The van der Waals surface area contributed by atoms with E-state index in [1.54, 1.807) is 12.4 Å². The van der Waals surface area contributed by atoms with Crippen molar-refractivity contribution < 1.29 is 0 Å². The normalized spacial score (nSPS) is 17.3. The molecule has 1 aliphatic rings. The van der Waals surface area contributed by atoms with E-state index in [1.165, 1.54) is 0 Å². The number of piperazine rings is 1. The molecule has 0 spiro atoms. The zero-order valence-electron chi connectivity index (χ0n) is 8.61. The zero-order chi connectivity index (χ0) is 10.5. The highest BCUT2D eigenvalue weighted by molar-refractivity contribution is 5.34. The van der Waals surface area contributed by atoms with Crippen LogP contribution in [0, 0.1) is 11.3 Å². The van der Waals surface area contributed by atoms with Crippen molar-refractivity contribution in [1.82, 2.24) is 15.2 Å². The van der Waals surface area contributed by atoms with Gasteiger partial charge in [-0.3, -0.25) is 9.88 Å². The third kappa shape index (κ3) is 2.52. The number of rotatable bonds is 2. The SMILES string of the molecule is N#Cc1cnccc1CN1CCNCC1. The van der Waals surface area contributed by atoms with Crippen LogP contribution in [0.25, 0.3) is 0 Å². The molecule has 0 aliphatic carbocycles. The van der Waals surface area contributed by atoms with Gasteiger partial charge in [-0.1, -0.05) is 0 Å². The van der Waals surface area contributed by atoms with Crippen molar-refractivity contribution in [3.8, 4) is 6.07 Å². The Labute approximate surface area is 89.5 Å². The summed E-state index contributed by atoms with van der Waals surface area (Å²) >= 11 is 0. The third-order valence-corrected chi connectivity index (χ3v) is 2.64. The molecule has 15 heavy (non-hydrogen) atoms. The van der Waals surface area contributed by atoms with E-state index in [-0.39, 0.29) is 0 Å². The Balaban J connectivity index is 2.06. The first-order valence-electron chi connectivity index (χ1n) is 5.16. The van der Waals surface area contributed by atoms with Gasteiger partial charge in [0.05, 0.1) is 5.56 Å². The first-order chi connectivity index (χ1) is 7.40. The summed E-state index contributed by atoms with van der Waals surface area (Å²) in [6.45, 7) is 5.02. The van der Waals surface area contributed by atoms with Gasteiger partial charge in [-0.25, -0.2) is 0 Å². The summed E-state index contributed by atoms with van der Waals surface area (Å²) in [5, 5.41) is 12.2. The fourth-order valence-corrected chi connectivity index (χ4v) is 1.77. The highest BCUT2D eigenvalue weighted by Crippen LogP contribution is 2.09. The summed E-state index contributed by atoms with van der Waals surface area (Å²) < 4.78 is 0. The zero-order valence-corrected chi connectivity index (χ0v) is 8.61. The molecule has 0 atom stereocenters. The molecule has 78 valence electrons. The summed E-state index contributed by atoms with van der Waals surface area (Å²) in [4.78, 5) is 6.31. The fraction of sp³-hybridized carbons (Fsp3) is 0.455. The van der Waals surface area contributed by atoms with Crippen molar-refractivity contribution in [2.24, 2.45) is 0 Å². The largest absolute Gasteiger partial charge is 0.314 e. The molecule has 1 aromatic heterocycles. The van der Waals surface area contributed by atoms with Crippen LogP contribution in [0.4, 0.5) is 0 Å². The van der Waals surface area contributed by atoms with Crippen molar-refractivity contribution in [2.45, 2.75) is 6.54 Å². The van der Waals surface area contributed by atoms with Gasteiger partial charge in [0.1, 0.15) is 6.07 Å². The lowest BCUT2D eigenvalue weighted by Crippen LogP contribution is -2.43. The maximum atomic E-state index is 8.93. The Morgan fingerprint density at radius 2 is 2.27 bits per heavy atom. The average Bonchev–Trinajstić information content (AvgIpc) is 2.31. The second-order valence-electron chi connectivity index (χ2n) is 3.67. The second-order valence-corrected chi connectivity index (χ2v) is 3.67. The Bertz CT molecular complexity index is 363. The van der Waals surface area contributed by atoms with Crippen LogP contribution in [-0.2, 0) is 6.54 Å². The van der Waals surface area contributed by atoms with E-state index in [4.69, 9.17) is 5.26 Å². The summed E-state index contributed by atoms with van der Waals surface area (Å²) in [6.07, 6.45) is 3.38. The van der Waals surface area contributed by atoms with Gasteiger partial charge in [-0.2, -0.15) is 5.26 Å². The number of nitrogens with zero attached hydrogens (tertiary/aromatic N) is 3. The highest BCUT2D eigenvalue weighted by Gasteiger charge is 2.11. The van der Waals surface area contributed by atoms with E-state index in [9.17, 15) is 0 Å². The number of nitriles is 1. The molecule has 4 nitrogen and oxygen atoms in total. The van der Waals surface area contributed by atoms with E-state index in [2.05, 4.69) is 21.3 Å². The summed E-state index contributed by atoms with van der Waals surface area (Å²) in [7, 11) is 0. The van der Waals surface area contributed by atoms with Crippen LogP contribution < -0.4 is 5.32 Å². The third-order valence-electron chi connectivity index (χ3n) is 2.64. The van der Waals surface area contributed by atoms with Crippen LogP contribution in [0.1, 0.15) is 11.1 Å². The molecular formula is C11H14N4. The van der Waals surface area contributed by atoms with Crippen molar-refractivity contribution in [1.29, 1.82) is 5.26 Å². The molecule has 1 aromatic rings. The van der Waals surface area contributed by atoms with Crippen molar-refractivity contribution in [3.63, 3.8) is 0 Å². The number of pyridine rings is 1. The van der Waals surface area contributed by atoms with Gasteiger partial charge < -0.3 is 5.32 Å². The molecule has 2 rings (SSSR count). The van der Waals surface area contributed by atoms with Crippen LogP contribution in [0.2, 0.25) is 0 Å². The van der Waals surface area contributed by atoms with Crippen molar-refractivity contribution >= 4 is 0 Å². The van der Waals surface area contributed by atoms with Gasteiger partial charge in [-0.15, -0.1) is 0 Å². The van der Waals surface area contributed by atoms with Gasteiger partial charge >= 0.3 is 0 Å².